The Kier molecular flexibility index (Phi) is 4.61. The van der Waals surface area contributed by atoms with Crippen LogP contribution >= 0.6 is 11.3 Å². The zero-order chi connectivity index (χ0) is 14.6. The van der Waals surface area contributed by atoms with Crippen molar-refractivity contribution in [2.24, 2.45) is 5.41 Å². The largest absolute Gasteiger partial charge is 0.344 e. The first-order chi connectivity index (χ1) is 9.46. The van der Waals surface area contributed by atoms with Crippen LogP contribution in [0, 0.1) is 5.41 Å². The van der Waals surface area contributed by atoms with Crippen molar-refractivity contribution >= 4 is 17.2 Å². The normalized spacial score (nSPS) is 12.9. The van der Waals surface area contributed by atoms with E-state index in [1.165, 1.54) is 4.88 Å². The van der Waals surface area contributed by atoms with Crippen LogP contribution in [0.5, 0.6) is 0 Å². The maximum Gasteiger partial charge on any atom is 0.221 e. The lowest BCUT2D eigenvalue weighted by Gasteiger charge is -2.22. The van der Waals surface area contributed by atoms with Crippen molar-refractivity contribution in [3.8, 4) is 0 Å². The Labute approximate surface area is 124 Å². The van der Waals surface area contributed by atoms with Crippen LogP contribution < -0.4 is 5.32 Å². The van der Waals surface area contributed by atoms with Gasteiger partial charge in [0.15, 0.2) is 0 Å². The van der Waals surface area contributed by atoms with Gasteiger partial charge in [-0.05, 0) is 22.4 Å². The van der Waals surface area contributed by atoms with Gasteiger partial charge in [-0.2, -0.15) is 0 Å². The molecule has 1 aromatic heterocycles. The highest BCUT2D eigenvalue weighted by molar-refractivity contribution is 7.10. The molecule has 2 nitrogen and oxygen atoms in total. The van der Waals surface area contributed by atoms with E-state index < -0.39 is 0 Å². The molecule has 2 rings (SSSR count). The monoisotopic (exact) mass is 287 g/mol. The van der Waals surface area contributed by atoms with Crippen LogP contribution in [-0.2, 0) is 4.79 Å². The molecule has 0 saturated carbocycles. The molecule has 20 heavy (non-hydrogen) atoms. The van der Waals surface area contributed by atoms with E-state index in [0.717, 1.165) is 5.56 Å². The van der Waals surface area contributed by atoms with Crippen molar-refractivity contribution in [3.63, 3.8) is 0 Å². The topological polar surface area (TPSA) is 29.1 Å². The third-order valence-electron chi connectivity index (χ3n) is 2.96. The van der Waals surface area contributed by atoms with Crippen molar-refractivity contribution < 1.29 is 4.79 Å². The smallest absolute Gasteiger partial charge is 0.221 e. The molecule has 1 aromatic carbocycles. The minimum atomic E-state index is -0.0500. The Morgan fingerprint density at radius 2 is 1.85 bits per heavy atom. The van der Waals surface area contributed by atoms with Gasteiger partial charge in [0.2, 0.25) is 5.91 Å². The van der Waals surface area contributed by atoms with Crippen molar-refractivity contribution in [2.75, 3.05) is 0 Å². The van der Waals surface area contributed by atoms with Crippen LogP contribution in [0.1, 0.15) is 43.7 Å². The molecule has 1 atom stereocenters. The van der Waals surface area contributed by atoms with Gasteiger partial charge in [0, 0.05) is 11.3 Å². The predicted molar refractivity (Wildman–Crippen MR) is 84.8 cm³/mol. The molecule has 0 radical (unpaired) electrons. The van der Waals surface area contributed by atoms with Gasteiger partial charge in [-0.25, -0.2) is 0 Å². The molecule has 1 N–H and O–H groups in total. The molecule has 0 aliphatic carbocycles. The molecule has 0 aliphatic rings. The lowest BCUT2D eigenvalue weighted by Crippen LogP contribution is -2.31. The van der Waals surface area contributed by atoms with Gasteiger partial charge in [0.1, 0.15) is 0 Å². The fourth-order valence-electron chi connectivity index (χ4n) is 2.11. The molecule has 1 unspecified atom stereocenters. The summed E-state index contributed by atoms with van der Waals surface area (Å²) in [7, 11) is 0. The lowest BCUT2D eigenvalue weighted by atomic mass is 9.91. The number of hydrogen-bond acceptors (Lipinski definition) is 2. The minimum absolute atomic E-state index is 0.000765. The van der Waals surface area contributed by atoms with Gasteiger partial charge < -0.3 is 5.32 Å². The van der Waals surface area contributed by atoms with Crippen LogP contribution in [0.15, 0.2) is 47.8 Å². The summed E-state index contributed by atoms with van der Waals surface area (Å²) in [6.07, 6.45) is 0.529. The van der Waals surface area contributed by atoms with Gasteiger partial charge in [-0.1, -0.05) is 57.2 Å². The maximum atomic E-state index is 12.2. The molecule has 0 aliphatic heterocycles. The fraction of sp³-hybridized carbons (Fsp3) is 0.353. The van der Waals surface area contributed by atoms with E-state index in [1.54, 1.807) is 11.3 Å². The first-order valence-electron chi connectivity index (χ1n) is 6.83. The summed E-state index contributed by atoms with van der Waals surface area (Å²) in [5.74, 6) is 0.0970. The van der Waals surface area contributed by atoms with Crippen LogP contribution in [0.3, 0.4) is 0 Å². The van der Waals surface area contributed by atoms with Gasteiger partial charge in [0.05, 0.1) is 6.04 Å². The Morgan fingerprint density at radius 3 is 2.40 bits per heavy atom. The maximum absolute atomic E-state index is 12.2. The van der Waals surface area contributed by atoms with Crippen molar-refractivity contribution in [1.29, 1.82) is 0 Å². The van der Waals surface area contributed by atoms with E-state index in [2.05, 4.69) is 44.3 Å². The van der Waals surface area contributed by atoms with Crippen LogP contribution in [0.25, 0.3) is 0 Å². The number of amides is 1. The number of nitrogens with one attached hydrogen (secondary N) is 1. The second-order valence-electron chi connectivity index (χ2n) is 6.16. The number of carbonyl (C=O) groups is 1. The second kappa shape index (κ2) is 6.23. The number of thiophene rings is 1. The third-order valence-corrected chi connectivity index (χ3v) is 3.89. The summed E-state index contributed by atoms with van der Waals surface area (Å²) in [4.78, 5) is 13.4. The van der Waals surface area contributed by atoms with Crippen molar-refractivity contribution in [2.45, 2.75) is 33.2 Å². The van der Waals surface area contributed by atoms with E-state index in [1.807, 2.05) is 29.6 Å². The minimum Gasteiger partial charge on any atom is -0.344 e. The Hall–Kier alpha value is -1.61. The van der Waals surface area contributed by atoms with Crippen LogP contribution in [0.2, 0.25) is 0 Å². The molecule has 0 saturated heterocycles. The molecule has 0 bridgehead atoms. The molecule has 106 valence electrons. The van der Waals surface area contributed by atoms with E-state index in [-0.39, 0.29) is 17.4 Å². The summed E-state index contributed by atoms with van der Waals surface area (Å²) < 4.78 is 0. The highest BCUT2D eigenvalue weighted by atomic mass is 32.1. The van der Waals surface area contributed by atoms with Crippen LogP contribution in [0.4, 0.5) is 0 Å². The summed E-state index contributed by atoms with van der Waals surface area (Å²) >= 11 is 1.67. The molecular formula is C17H21NOS. The predicted octanol–water partition coefficient (Wildman–Crippen LogP) is 4.39. The van der Waals surface area contributed by atoms with Gasteiger partial charge in [-0.15, -0.1) is 11.3 Å². The van der Waals surface area contributed by atoms with Crippen LogP contribution in [-0.4, -0.2) is 5.91 Å². The number of rotatable bonds is 4. The molecule has 1 amide bonds. The molecule has 2 aromatic rings. The number of hydrogen-bond donors (Lipinski definition) is 1. The lowest BCUT2D eigenvalue weighted by molar-refractivity contribution is -0.123. The van der Waals surface area contributed by atoms with Gasteiger partial charge in [-0.3, -0.25) is 4.79 Å². The van der Waals surface area contributed by atoms with Crippen molar-refractivity contribution in [1.82, 2.24) is 5.32 Å². The number of carbonyl (C=O) groups excluding carboxylic acids is 1. The first kappa shape index (κ1) is 14.8. The standard InChI is InChI=1S/C17H21NOS/c1-17(2,3)12-15(19)18-16(14-10-7-11-20-14)13-8-5-4-6-9-13/h4-11,16H,12H2,1-3H3,(H,18,19). The van der Waals surface area contributed by atoms with E-state index in [0.29, 0.717) is 6.42 Å². The second-order valence-corrected chi connectivity index (χ2v) is 7.14. The highest BCUT2D eigenvalue weighted by Crippen LogP contribution is 2.27. The number of benzene rings is 1. The van der Waals surface area contributed by atoms with Crippen molar-refractivity contribution in [3.05, 3.63) is 58.3 Å². The molecule has 1 heterocycles. The quantitative estimate of drug-likeness (QED) is 0.887. The van der Waals surface area contributed by atoms with E-state index in [4.69, 9.17) is 0 Å². The average Bonchev–Trinajstić information content (AvgIpc) is 2.88. The first-order valence-corrected chi connectivity index (χ1v) is 7.71. The molecule has 0 spiro atoms. The Bertz CT molecular complexity index is 540. The summed E-state index contributed by atoms with van der Waals surface area (Å²) in [5.41, 5.74) is 1.12. The summed E-state index contributed by atoms with van der Waals surface area (Å²) in [5, 5.41) is 5.21. The molecule has 0 fully saturated rings. The highest BCUT2D eigenvalue weighted by Gasteiger charge is 2.21. The Balaban J connectivity index is 2.19. The van der Waals surface area contributed by atoms with E-state index >= 15 is 0 Å². The average molecular weight is 287 g/mol. The SMILES string of the molecule is CC(C)(C)CC(=O)NC(c1ccccc1)c1cccs1. The zero-order valence-electron chi connectivity index (χ0n) is 12.2. The van der Waals surface area contributed by atoms with Gasteiger partial charge in [0.25, 0.3) is 0 Å². The summed E-state index contributed by atoms with van der Waals surface area (Å²) in [6, 6.07) is 14.2. The fourth-order valence-corrected chi connectivity index (χ4v) is 2.92. The third kappa shape index (κ3) is 4.20. The van der Waals surface area contributed by atoms with Gasteiger partial charge >= 0.3 is 0 Å². The van der Waals surface area contributed by atoms with E-state index in [9.17, 15) is 4.79 Å². The molecule has 3 heteroatoms. The summed E-state index contributed by atoms with van der Waals surface area (Å²) in [6.45, 7) is 6.24. The Morgan fingerprint density at radius 1 is 1.15 bits per heavy atom. The zero-order valence-corrected chi connectivity index (χ0v) is 13.0. The molecular weight excluding hydrogens is 266 g/mol.